The van der Waals surface area contributed by atoms with E-state index in [0.717, 1.165) is 25.0 Å². The zero-order chi connectivity index (χ0) is 22.5. The van der Waals surface area contributed by atoms with Crippen molar-refractivity contribution in [3.05, 3.63) is 71.4 Å². The first-order valence-electron chi connectivity index (χ1n) is 10.5. The van der Waals surface area contributed by atoms with Crippen molar-refractivity contribution in [3.8, 4) is 11.4 Å². The fourth-order valence-corrected chi connectivity index (χ4v) is 4.99. The van der Waals surface area contributed by atoms with E-state index < -0.39 is 17.3 Å². The van der Waals surface area contributed by atoms with Gasteiger partial charge in [0.1, 0.15) is 5.82 Å². The fraction of sp³-hybridized carbons (Fsp3) is 0.391. The highest BCUT2D eigenvalue weighted by atomic mass is 19.4. The van der Waals surface area contributed by atoms with Crippen molar-refractivity contribution in [1.29, 1.82) is 0 Å². The van der Waals surface area contributed by atoms with Gasteiger partial charge in [-0.1, -0.05) is 29.4 Å². The standard InChI is InChI=1S/C23H21F4N3O2/c24-17-3-1-2-16(10-17)22(31)11-18-8-9-19(12-22)30(18)13-20-28-21(29-32-20)14-4-6-15(7-5-14)23(25,26)27/h1-7,10,18-19,31H,8-9,11-13H2. The Labute approximate surface area is 181 Å². The van der Waals surface area contributed by atoms with Crippen LogP contribution in [-0.2, 0) is 18.3 Å². The summed E-state index contributed by atoms with van der Waals surface area (Å²) in [5.74, 6) is 0.231. The first-order valence-corrected chi connectivity index (χ1v) is 10.5. The Bertz CT molecular complexity index is 1100. The second-order valence-electron chi connectivity index (χ2n) is 8.59. The summed E-state index contributed by atoms with van der Waals surface area (Å²) in [5.41, 5.74) is -0.780. The van der Waals surface area contributed by atoms with Crippen molar-refractivity contribution in [3.63, 3.8) is 0 Å². The van der Waals surface area contributed by atoms with Crippen LogP contribution in [0.3, 0.4) is 0 Å². The quantitative estimate of drug-likeness (QED) is 0.576. The lowest BCUT2D eigenvalue weighted by Gasteiger charge is -2.43. The Morgan fingerprint density at radius 1 is 1.06 bits per heavy atom. The summed E-state index contributed by atoms with van der Waals surface area (Å²) in [6.07, 6.45) is -1.63. The van der Waals surface area contributed by atoms with E-state index in [1.54, 1.807) is 12.1 Å². The van der Waals surface area contributed by atoms with Gasteiger partial charge < -0.3 is 9.63 Å². The van der Waals surface area contributed by atoms with Gasteiger partial charge in [-0.2, -0.15) is 18.2 Å². The predicted molar refractivity (Wildman–Crippen MR) is 107 cm³/mol. The molecule has 2 aliphatic rings. The highest BCUT2D eigenvalue weighted by Gasteiger charge is 2.48. The number of fused-ring (bicyclic) bond motifs is 2. The van der Waals surface area contributed by atoms with Crippen LogP contribution in [0.4, 0.5) is 17.6 Å². The summed E-state index contributed by atoms with van der Waals surface area (Å²) in [6.45, 7) is 0.391. The molecule has 0 spiro atoms. The number of nitrogens with zero attached hydrogens (tertiary/aromatic N) is 3. The number of aliphatic hydroxyl groups is 1. The van der Waals surface area contributed by atoms with Crippen molar-refractivity contribution in [2.45, 2.75) is 56.1 Å². The number of hydrogen-bond acceptors (Lipinski definition) is 5. The third-order valence-corrected chi connectivity index (χ3v) is 6.54. The van der Waals surface area contributed by atoms with Gasteiger partial charge in [0.25, 0.3) is 0 Å². The van der Waals surface area contributed by atoms with Crippen molar-refractivity contribution in [1.82, 2.24) is 15.0 Å². The van der Waals surface area contributed by atoms with E-state index in [9.17, 15) is 22.7 Å². The van der Waals surface area contributed by atoms with E-state index >= 15 is 0 Å². The maximum Gasteiger partial charge on any atom is 0.416 e. The lowest BCUT2D eigenvalue weighted by Crippen LogP contribution is -2.49. The van der Waals surface area contributed by atoms with E-state index in [-0.39, 0.29) is 23.7 Å². The average Bonchev–Trinajstić information content (AvgIpc) is 3.31. The number of aromatic nitrogens is 2. The molecule has 1 aromatic heterocycles. The molecule has 5 nitrogen and oxygen atoms in total. The molecule has 2 saturated heterocycles. The van der Waals surface area contributed by atoms with Crippen LogP contribution >= 0.6 is 0 Å². The van der Waals surface area contributed by atoms with Gasteiger partial charge >= 0.3 is 6.18 Å². The van der Waals surface area contributed by atoms with Gasteiger partial charge in [0, 0.05) is 17.6 Å². The topological polar surface area (TPSA) is 62.4 Å². The molecule has 2 bridgehead atoms. The molecular weight excluding hydrogens is 426 g/mol. The molecule has 0 saturated carbocycles. The molecular formula is C23H21F4N3O2. The molecule has 1 N–H and O–H groups in total. The lowest BCUT2D eigenvalue weighted by atomic mass is 9.80. The summed E-state index contributed by atoms with van der Waals surface area (Å²) in [6, 6.07) is 10.9. The van der Waals surface area contributed by atoms with Gasteiger partial charge in [-0.15, -0.1) is 0 Å². The molecule has 168 valence electrons. The number of hydrogen-bond donors (Lipinski definition) is 1. The summed E-state index contributed by atoms with van der Waals surface area (Å²) < 4.78 is 57.3. The zero-order valence-corrected chi connectivity index (χ0v) is 17.0. The second kappa shape index (κ2) is 7.67. The van der Waals surface area contributed by atoms with Gasteiger partial charge in [-0.25, -0.2) is 4.39 Å². The molecule has 2 aliphatic heterocycles. The molecule has 2 atom stereocenters. The minimum atomic E-state index is -4.40. The number of piperidine rings is 1. The summed E-state index contributed by atoms with van der Waals surface area (Å²) in [5, 5.41) is 15.2. The third kappa shape index (κ3) is 3.91. The predicted octanol–water partition coefficient (Wildman–Crippen LogP) is 4.91. The molecule has 5 rings (SSSR count). The Hall–Kier alpha value is -2.78. The van der Waals surface area contributed by atoms with Gasteiger partial charge in [0.15, 0.2) is 0 Å². The first-order chi connectivity index (χ1) is 15.2. The van der Waals surface area contributed by atoms with Crippen LogP contribution in [0.5, 0.6) is 0 Å². The van der Waals surface area contributed by atoms with Gasteiger partial charge in [-0.05, 0) is 55.5 Å². The van der Waals surface area contributed by atoms with Crippen LogP contribution in [0.15, 0.2) is 53.1 Å². The van der Waals surface area contributed by atoms with Gasteiger partial charge in [0.05, 0.1) is 17.7 Å². The van der Waals surface area contributed by atoms with E-state index in [1.807, 2.05) is 0 Å². The van der Waals surface area contributed by atoms with Crippen LogP contribution < -0.4 is 0 Å². The van der Waals surface area contributed by atoms with Crippen molar-refractivity contribution in [2.75, 3.05) is 0 Å². The largest absolute Gasteiger partial charge is 0.416 e. The second-order valence-corrected chi connectivity index (χ2v) is 8.59. The summed E-state index contributed by atoms with van der Waals surface area (Å²) in [4.78, 5) is 6.58. The number of rotatable bonds is 4. The van der Waals surface area contributed by atoms with E-state index in [1.165, 1.54) is 24.3 Å². The third-order valence-electron chi connectivity index (χ3n) is 6.54. The molecule has 0 aliphatic carbocycles. The van der Waals surface area contributed by atoms with E-state index in [4.69, 9.17) is 4.52 Å². The Kier molecular flexibility index (Phi) is 5.05. The SMILES string of the molecule is OC1(c2cccc(F)c2)CC2CCC(C1)N2Cc1nc(-c2ccc(C(F)(F)F)cc2)no1. The van der Waals surface area contributed by atoms with Crippen LogP contribution in [0.25, 0.3) is 11.4 Å². The van der Waals surface area contributed by atoms with Crippen LogP contribution in [-0.4, -0.2) is 32.2 Å². The molecule has 0 amide bonds. The van der Waals surface area contributed by atoms with Crippen molar-refractivity contribution >= 4 is 0 Å². The molecule has 9 heteroatoms. The van der Waals surface area contributed by atoms with E-state index in [2.05, 4.69) is 15.0 Å². The Morgan fingerprint density at radius 3 is 2.38 bits per heavy atom. The maximum absolute atomic E-state index is 13.7. The fourth-order valence-electron chi connectivity index (χ4n) is 4.99. The van der Waals surface area contributed by atoms with Crippen LogP contribution in [0, 0.1) is 5.82 Å². The number of halogens is 4. The number of alkyl halides is 3. The zero-order valence-electron chi connectivity index (χ0n) is 17.0. The van der Waals surface area contributed by atoms with Crippen LogP contribution in [0.2, 0.25) is 0 Å². The highest BCUT2D eigenvalue weighted by molar-refractivity contribution is 5.54. The average molecular weight is 447 g/mol. The molecule has 2 aromatic carbocycles. The molecule has 0 radical (unpaired) electrons. The monoisotopic (exact) mass is 447 g/mol. The highest BCUT2D eigenvalue weighted by Crippen LogP contribution is 2.46. The van der Waals surface area contributed by atoms with Crippen LogP contribution in [0.1, 0.15) is 42.7 Å². The summed E-state index contributed by atoms with van der Waals surface area (Å²) in [7, 11) is 0. The van der Waals surface area contributed by atoms with Crippen molar-refractivity contribution < 1.29 is 27.2 Å². The summed E-state index contributed by atoms with van der Waals surface area (Å²) >= 11 is 0. The molecule has 2 unspecified atom stereocenters. The van der Waals surface area contributed by atoms with Crippen molar-refractivity contribution in [2.24, 2.45) is 0 Å². The maximum atomic E-state index is 13.7. The minimum Gasteiger partial charge on any atom is -0.385 e. The molecule has 3 heterocycles. The van der Waals surface area contributed by atoms with E-state index in [0.29, 0.717) is 36.4 Å². The normalized spacial score (nSPS) is 25.9. The smallest absolute Gasteiger partial charge is 0.385 e. The molecule has 2 fully saturated rings. The van der Waals surface area contributed by atoms with Gasteiger partial charge in [0.2, 0.25) is 11.7 Å². The Morgan fingerprint density at radius 2 is 1.75 bits per heavy atom. The minimum absolute atomic E-state index is 0.0865. The first kappa shape index (κ1) is 21.1. The lowest BCUT2D eigenvalue weighted by molar-refractivity contribution is -0.137. The molecule has 3 aromatic rings. The number of benzene rings is 2. The Balaban J connectivity index is 1.30. The van der Waals surface area contributed by atoms with Gasteiger partial charge in [-0.3, -0.25) is 4.90 Å². The molecule has 32 heavy (non-hydrogen) atoms.